The van der Waals surface area contributed by atoms with E-state index < -0.39 is 0 Å². The van der Waals surface area contributed by atoms with Crippen LogP contribution in [0.5, 0.6) is 5.75 Å². The zero-order chi connectivity index (χ0) is 18.9. The van der Waals surface area contributed by atoms with Crippen molar-refractivity contribution in [3.8, 4) is 16.9 Å². The van der Waals surface area contributed by atoms with Gasteiger partial charge < -0.3 is 4.74 Å². The smallest absolute Gasteiger partial charge is 0.119 e. The van der Waals surface area contributed by atoms with E-state index in [1.54, 1.807) is 11.1 Å². The summed E-state index contributed by atoms with van der Waals surface area (Å²) in [5.41, 5.74) is 5.75. The molecular weight excluding hydrogens is 328 g/mol. The lowest BCUT2D eigenvalue weighted by Crippen LogP contribution is -2.13. The van der Waals surface area contributed by atoms with E-state index in [0.29, 0.717) is 0 Å². The zero-order valence-electron chi connectivity index (χ0n) is 17.3. The summed E-state index contributed by atoms with van der Waals surface area (Å²) < 4.78 is 5.92. The number of hydrogen-bond acceptors (Lipinski definition) is 1. The Bertz CT molecular complexity index is 686. The molecule has 1 nitrogen and oxygen atoms in total. The molecule has 1 unspecified atom stereocenters. The zero-order valence-corrected chi connectivity index (χ0v) is 17.3. The van der Waals surface area contributed by atoms with Gasteiger partial charge in [0.25, 0.3) is 0 Å². The summed E-state index contributed by atoms with van der Waals surface area (Å²) in [7, 11) is 0. The number of hydrogen-bond donors (Lipinski definition) is 0. The van der Waals surface area contributed by atoms with Gasteiger partial charge in [-0.3, -0.25) is 0 Å². The number of aryl methyl sites for hydroxylation is 1. The van der Waals surface area contributed by atoms with Crippen molar-refractivity contribution in [1.82, 2.24) is 0 Å². The molecule has 1 atom stereocenters. The molecule has 0 aliphatic heterocycles. The van der Waals surface area contributed by atoms with E-state index in [1.807, 2.05) is 0 Å². The molecule has 0 N–H and O–H groups in total. The standard InChI is InChI=1S/C26H36O/c1-3-5-6-7-8-9-18-27-26-16-14-22(15-17-26)24-13-12-23-19-21(4-2)10-11-25(23)20-24/h12-17,20-21H,3-11,18-19H2,1-2H3. The molecule has 0 saturated carbocycles. The highest BCUT2D eigenvalue weighted by atomic mass is 16.5. The molecule has 0 saturated heterocycles. The molecule has 0 bridgehead atoms. The topological polar surface area (TPSA) is 9.23 Å². The van der Waals surface area contributed by atoms with Crippen LogP contribution in [0.15, 0.2) is 42.5 Å². The van der Waals surface area contributed by atoms with Gasteiger partial charge in [0.15, 0.2) is 0 Å². The van der Waals surface area contributed by atoms with Crippen LogP contribution in [-0.4, -0.2) is 6.61 Å². The Hall–Kier alpha value is -1.76. The number of unbranched alkanes of at least 4 members (excludes halogenated alkanes) is 5. The van der Waals surface area contributed by atoms with Gasteiger partial charge in [0.2, 0.25) is 0 Å². The lowest BCUT2D eigenvalue weighted by Gasteiger charge is -2.24. The van der Waals surface area contributed by atoms with Crippen molar-refractivity contribution >= 4 is 0 Å². The Kier molecular flexibility index (Phi) is 7.80. The van der Waals surface area contributed by atoms with E-state index in [1.165, 1.54) is 68.9 Å². The Balaban J connectivity index is 1.50. The van der Waals surface area contributed by atoms with Crippen molar-refractivity contribution < 1.29 is 4.74 Å². The van der Waals surface area contributed by atoms with Crippen LogP contribution in [0.25, 0.3) is 11.1 Å². The minimum Gasteiger partial charge on any atom is -0.494 e. The summed E-state index contributed by atoms with van der Waals surface area (Å²) in [6.45, 7) is 5.42. The second-order valence-electron chi connectivity index (χ2n) is 8.14. The van der Waals surface area contributed by atoms with Gasteiger partial charge in [0.05, 0.1) is 6.61 Å². The average molecular weight is 365 g/mol. The Labute approximate surface area is 166 Å². The summed E-state index contributed by atoms with van der Waals surface area (Å²) in [5, 5.41) is 0. The first-order valence-electron chi connectivity index (χ1n) is 11.1. The average Bonchev–Trinajstić information content (AvgIpc) is 2.73. The summed E-state index contributed by atoms with van der Waals surface area (Å²) in [5.74, 6) is 1.88. The van der Waals surface area contributed by atoms with Crippen molar-refractivity contribution in [3.05, 3.63) is 53.6 Å². The highest BCUT2D eigenvalue weighted by Gasteiger charge is 2.17. The molecular formula is C26H36O. The van der Waals surface area contributed by atoms with Gasteiger partial charge in [0.1, 0.15) is 5.75 Å². The number of benzene rings is 2. The second-order valence-corrected chi connectivity index (χ2v) is 8.14. The molecule has 27 heavy (non-hydrogen) atoms. The molecule has 0 aromatic heterocycles. The fraction of sp³-hybridized carbons (Fsp3) is 0.538. The largest absolute Gasteiger partial charge is 0.494 e. The second kappa shape index (κ2) is 10.5. The van der Waals surface area contributed by atoms with Crippen LogP contribution in [0.4, 0.5) is 0 Å². The van der Waals surface area contributed by atoms with Crippen LogP contribution in [0.2, 0.25) is 0 Å². The number of fused-ring (bicyclic) bond motifs is 1. The van der Waals surface area contributed by atoms with E-state index in [2.05, 4.69) is 56.3 Å². The van der Waals surface area contributed by atoms with Crippen molar-refractivity contribution in [2.75, 3.05) is 6.61 Å². The van der Waals surface area contributed by atoms with E-state index >= 15 is 0 Å². The molecule has 146 valence electrons. The molecule has 1 aliphatic rings. The van der Waals surface area contributed by atoms with Gasteiger partial charge in [-0.15, -0.1) is 0 Å². The van der Waals surface area contributed by atoms with Crippen molar-refractivity contribution in [2.45, 2.75) is 78.1 Å². The molecule has 0 heterocycles. The van der Waals surface area contributed by atoms with Crippen LogP contribution in [0.3, 0.4) is 0 Å². The van der Waals surface area contributed by atoms with Crippen molar-refractivity contribution in [2.24, 2.45) is 5.92 Å². The lowest BCUT2D eigenvalue weighted by molar-refractivity contribution is 0.304. The fourth-order valence-corrected chi connectivity index (χ4v) is 4.17. The van der Waals surface area contributed by atoms with Crippen LogP contribution < -0.4 is 4.74 Å². The molecule has 0 spiro atoms. The summed E-state index contributed by atoms with van der Waals surface area (Å²) in [6.07, 6.45) is 13.0. The summed E-state index contributed by atoms with van der Waals surface area (Å²) in [6, 6.07) is 15.7. The molecule has 2 aromatic carbocycles. The highest BCUT2D eigenvalue weighted by molar-refractivity contribution is 5.65. The maximum absolute atomic E-state index is 5.92. The molecule has 2 aromatic rings. The van der Waals surface area contributed by atoms with Gasteiger partial charge in [-0.05, 0) is 66.0 Å². The Morgan fingerprint density at radius 2 is 1.56 bits per heavy atom. The van der Waals surface area contributed by atoms with Gasteiger partial charge in [-0.1, -0.05) is 82.7 Å². The van der Waals surface area contributed by atoms with Gasteiger partial charge in [0, 0.05) is 0 Å². The summed E-state index contributed by atoms with van der Waals surface area (Å²) >= 11 is 0. The van der Waals surface area contributed by atoms with E-state index in [4.69, 9.17) is 4.74 Å². The SMILES string of the molecule is CCCCCCCCOc1ccc(-c2ccc3c(c2)CCC(CC)C3)cc1. The fourth-order valence-electron chi connectivity index (χ4n) is 4.17. The molecule has 3 rings (SSSR count). The minimum absolute atomic E-state index is 0.836. The lowest BCUT2D eigenvalue weighted by atomic mass is 9.81. The predicted molar refractivity (Wildman–Crippen MR) is 117 cm³/mol. The third kappa shape index (κ3) is 5.86. The van der Waals surface area contributed by atoms with Crippen molar-refractivity contribution in [3.63, 3.8) is 0 Å². The highest BCUT2D eigenvalue weighted by Crippen LogP contribution is 2.31. The first-order chi connectivity index (χ1) is 13.3. The van der Waals surface area contributed by atoms with Gasteiger partial charge >= 0.3 is 0 Å². The first-order valence-corrected chi connectivity index (χ1v) is 11.1. The minimum atomic E-state index is 0.836. The van der Waals surface area contributed by atoms with Gasteiger partial charge in [-0.2, -0.15) is 0 Å². The van der Waals surface area contributed by atoms with Crippen LogP contribution in [-0.2, 0) is 12.8 Å². The summed E-state index contributed by atoms with van der Waals surface area (Å²) in [4.78, 5) is 0. The molecule has 0 fully saturated rings. The first kappa shape index (κ1) is 20.0. The monoisotopic (exact) mass is 364 g/mol. The molecule has 0 amide bonds. The normalized spacial score (nSPS) is 16.1. The van der Waals surface area contributed by atoms with Gasteiger partial charge in [-0.25, -0.2) is 0 Å². The van der Waals surface area contributed by atoms with Crippen molar-refractivity contribution in [1.29, 1.82) is 0 Å². The van der Waals surface area contributed by atoms with E-state index in [9.17, 15) is 0 Å². The number of rotatable bonds is 10. The quantitative estimate of drug-likeness (QED) is 0.394. The number of ether oxygens (including phenoxy) is 1. The molecule has 0 radical (unpaired) electrons. The Morgan fingerprint density at radius 3 is 2.33 bits per heavy atom. The third-order valence-corrected chi connectivity index (χ3v) is 6.07. The maximum Gasteiger partial charge on any atom is 0.119 e. The predicted octanol–water partition coefficient (Wildman–Crippen LogP) is 7.61. The van der Waals surface area contributed by atoms with Crippen LogP contribution in [0.1, 0.15) is 76.3 Å². The van der Waals surface area contributed by atoms with E-state index in [0.717, 1.165) is 24.7 Å². The van der Waals surface area contributed by atoms with Crippen LogP contribution >= 0.6 is 0 Å². The Morgan fingerprint density at radius 1 is 0.815 bits per heavy atom. The van der Waals surface area contributed by atoms with E-state index in [-0.39, 0.29) is 0 Å². The molecule has 1 heteroatoms. The third-order valence-electron chi connectivity index (χ3n) is 6.07. The molecule has 1 aliphatic carbocycles. The van der Waals surface area contributed by atoms with Crippen LogP contribution in [0, 0.1) is 5.92 Å². The maximum atomic E-state index is 5.92.